The number of rotatable bonds is 5. The molecule has 1 unspecified atom stereocenters. The molecule has 0 bridgehead atoms. The Kier molecular flexibility index (Phi) is 5.26. The first-order chi connectivity index (χ1) is 7.65. The molecule has 0 spiro atoms. The summed E-state index contributed by atoms with van der Waals surface area (Å²) in [6.45, 7) is 4.55. The van der Waals surface area contributed by atoms with E-state index in [1.54, 1.807) is 18.3 Å². The van der Waals surface area contributed by atoms with E-state index >= 15 is 0 Å². The van der Waals surface area contributed by atoms with Crippen LogP contribution in [0.5, 0.6) is 0 Å². The predicted molar refractivity (Wildman–Crippen MR) is 65.8 cm³/mol. The third-order valence-corrected chi connectivity index (χ3v) is 2.68. The first-order valence-corrected chi connectivity index (χ1v) is 5.94. The molecule has 0 fully saturated rings. The molecule has 88 valence electrons. The lowest BCUT2D eigenvalue weighted by Gasteiger charge is -2.11. The Hall–Kier alpha value is -1.09. The summed E-state index contributed by atoms with van der Waals surface area (Å²) in [6, 6.07) is 3.55. The quantitative estimate of drug-likeness (QED) is 0.803. The van der Waals surface area contributed by atoms with Crippen molar-refractivity contribution >= 4 is 17.5 Å². The zero-order chi connectivity index (χ0) is 12.0. The van der Waals surface area contributed by atoms with Gasteiger partial charge in [0, 0.05) is 24.3 Å². The minimum Gasteiger partial charge on any atom is -0.352 e. The molecule has 4 heteroatoms. The molecular weight excluding hydrogens is 224 g/mol. The van der Waals surface area contributed by atoms with E-state index in [-0.39, 0.29) is 5.91 Å². The number of amides is 1. The molecule has 0 aliphatic carbocycles. The highest BCUT2D eigenvalue weighted by molar-refractivity contribution is 6.17. The highest BCUT2D eigenvalue weighted by Gasteiger charge is 2.09. The van der Waals surface area contributed by atoms with E-state index in [9.17, 15) is 4.79 Å². The third-order valence-electron chi connectivity index (χ3n) is 2.46. The van der Waals surface area contributed by atoms with Crippen molar-refractivity contribution in [3.63, 3.8) is 0 Å². The van der Waals surface area contributed by atoms with Crippen LogP contribution in [0, 0.1) is 12.8 Å². The molecule has 1 aromatic rings. The van der Waals surface area contributed by atoms with E-state index in [0.29, 0.717) is 23.9 Å². The van der Waals surface area contributed by atoms with Crippen LogP contribution < -0.4 is 5.32 Å². The zero-order valence-corrected chi connectivity index (χ0v) is 10.4. The highest BCUT2D eigenvalue weighted by Crippen LogP contribution is 2.05. The van der Waals surface area contributed by atoms with Crippen LogP contribution in [0.25, 0.3) is 0 Å². The summed E-state index contributed by atoms with van der Waals surface area (Å²) < 4.78 is 0. The van der Waals surface area contributed by atoms with Crippen LogP contribution in [0.4, 0.5) is 0 Å². The summed E-state index contributed by atoms with van der Waals surface area (Å²) in [5.41, 5.74) is 1.39. The number of aromatic nitrogens is 1. The largest absolute Gasteiger partial charge is 0.352 e. The van der Waals surface area contributed by atoms with E-state index in [0.717, 1.165) is 12.1 Å². The van der Waals surface area contributed by atoms with Gasteiger partial charge in [-0.2, -0.15) is 0 Å². The molecule has 1 heterocycles. The standard InChI is InChI=1S/C12H17ClN2O/c1-9(5-6-13)8-15-12(16)11-4-3-7-14-10(11)2/h3-4,7,9H,5-6,8H2,1-2H3,(H,15,16). The van der Waals surface area contributed by atoms with Crippen molar-refractivity contribution < 1.29 is 4.79 Å². The molecule has 3 nitrogen and oxygen atoms in total. The number of nitrogens with zero attached hydrogens (tertiary/aromatic N) is 1. The van der Waals surface area contributed by atoms with Gasteiger partial charge in [0.1, 0.15) is 0 Å². The maximum atomic E-state index is 11.8. The number of hydrogen-bond donors (Lipinski definition) is 1. The minimum atomic E-state index is -0.0629. The zero-order valence-electron chi connectivity index (χ0n) is 9.66. The number of carbonyl (C=O) groups is 1. The van der Waals surface area contributed by atoms with Crippen LogP contribution in [0.2, 0.25) is 0 Å². The second-order valence-electron chi connectivity index (χ2n) is 3.93. The highest BCUT2D eigenvalue weighted by atomic mass is 35.5. The summed E-state index contributed by atoms with van der Waals surface area (Å²) in [4.78, 5) is 15.9. The first kappa shape index (κ1) is 13.0. The average Bonchev–Trinajstić information content (AvgIpc) is 2.27. The fourth-order valence-corrected chi connectivity index (χ4v) is 1.75. The molecule has 0 aromatic carbocycles. The van der Waals surface area contributed by atoms with Gasteiger partial charge in [-0.3, -0.25) is 9.78 Å². The summed E-state index contributed by atoms with van der Waals surface area (Å²) in [6.07, 6.45) is 2.59. The molecule has 1 amide bonds. The summed E-state index contributed by atoms with van der Waals surface area (Å²) in [5.74, 6) is 0.966. The lowest BCUT2D eigenvalue weighted by atomic mass is 10.1. The monoisotopic (exact) mass is 240 g/mol. The van der Waals surface area contributed by atoms with E-state index < -0.39 is 0 Å². The van der Waals surface area contributed by atoms with Crippen molar-refractivity contribution in [1.29, 1.82) is 0 Å². The number of carbonyl (C=O) groups excluding carboxylic acids is 1. The summed E-state index contributed by atoms with van der Waals surface area (Å²) >= 11 is 5.63. The number of pyridine rings is 1. The molecule has 16 heavy (non-hydrogen) atoms. The lowest BCUT2D eigenvalue weighted by molar-refractivity contribution is 0.0947. The van der Waals surface area contributed by atoms with Gasteiger partial charge in [-0.15, -0.1) is 11.6 Å². The van der Waals surface area contributed by atoms with Crippen molar-refractivity contribution in [1.82, 2.24) is 10.3 Å². The van der Waals surface area contributed by atoms with Crippen LogP contribution in [0.1, 0.15) is 29.4 Å². The minimum absolute atomic E-state index is 0.0629. The van der Waals surface area contributed by atoms with E-state index in [4.69, 9.17) is 11.6 Å². The molecular formula is C12H17ClN2O. The maximum Gasteiger partial charge on any atom is 0.253 e. The number of nitrogens with one attached hydrogen (secondary N) is 1. The van der Waals surface area contributed by atoms with Crippen molar-refractivity contribution in [2.24, 2.45) is 5.92 Å². The summed E-state index contributed by atoms with van der Waals surface area (Å²) in [7, 11) is 0. The molecule has 0 radical (unpaired) electrons. The van der Waals surface area contributed by atoms with Crippen LogP contribution >= 0.6 is 11.6 Å². The molecule has 0 aliphatic heterocycles. The smallest absolute Gasteiger partial charge is 0.253 e. The summed E-state index contributed by atoms with van der Waals surface area (Å²) in [5, 5.41) is 2.89. The molecule has 0 saturated carbocycles. The molecule has 1 aromatic heterocycles. The SMILES string of the molecule is Cc1ncccc1C(=O)NCC(C)CCCl. The van der Waals surface area contributed by atoms with Crippen molar-refractivity contribution in [3.8, 4) is 0 Å². The van der Waals surface area contributed by atoms with E-state index in [1.807, 2.05) is 6.92 Å². The Morgan fingerprint density at radius 3 is 3.00 bits per heavy atom. The molecule has 0 saturated heterocycles. The van der Waals surface area contributed by atoms with Crippen molar-refractivity contribution in [2.75, 3.05) is 12.4 Å². The van der Waals surface area contributed by atoms with Gasteiger partial charge in [0.05, 0.1) is 5.56 Å². The Balaban J connectivity index is 2.50. The number of hydrogen-bond acceptors (Lipinski definition) is 2. The lowest BCUT2D eigenvalue weighted by Crippen LogP contribution is -2.29. The predicted octanol–water partition coefficient (Wildman–Crippen LogP) is 2.38. The van der Waals surface area contributed by atoms with Gasteiger partial charge in [0.2, 0.25) is 0 Å². The van der Waals surface area contributed by atoms with E-state index in [1.165, 1.54) is 0 Å². The fraction of sp³-hybridized carbons (Fsp3) is 0.500. The Morgan fingerprint density at radius 1 is 1.62 bits per heavy atom. The van der Waals surface area contributed by atoms with Gasteiger partial charge in [0.25, 0.3) is 5.91 Å². The second-order valence-corrected chi connectivity index (χ2v) is 4.31. The third kappa shape index (κ3) is 3.81. The molecule has 1 atom stereocenters. The molecule has 1 rings (SSSR count). The van der Waals surface area contributed by atoms with Gasteiger partial charge in [-0.1, -0.05) is 6.92 Å². The van der Waals surface area contributed by atoms with Crippen LogP contribution in [0.15, 0.2) is 18.3 Å². The number of aryl methyl sites for hydroxylation is 1. The van der Waals surface area contributed by atoms with Gasteiger partial charge in [-0.05, 0) is 31.4 Å². The Labute approximate surface area is 101 Å². The van der Waals surface area contributed by atoms with Crippen LogP contribution in [0.3, 0.4) is 0 Å². The normalized spacial score (nSPS) is 12.2. The van der Waals surface area contributed by atoms with Gasteiger partial charge >= 0.3 is 0 Å². The van der Waals surface area contributed by atoms with Crippen molar-refractivity contribution in [3.05, 3.63) is 29.6 Å². The van der Waals surface area contributed by atoms with Gasteiger partial charge in [0.15, 0.2) is 0 Å². The number of alkyl halides is 1. The van der Waals surface area contributed by atoms with Crippen LogP contribution in [-0.2, 0) is 0 Å². The first-order valence-electron chi connectivity index (χ1n) is 5.41. The Bertz CT molecular complexity index is 355. The molecule has 1 N–H and O–H groups in total. The van der Waals surface area contributed by atoms with E-state index in [2.05, 4.69) is 17.2 Å². The average molecular weight is 241 g/mol. The maximum absolute atomic E-state index is 11.8. The van der Waals surface area contributed by atoms with Crippen LogP contribution in [-0.4, -0.2) is 23.3 Å². The number of halogens is 1. The molecule has 0 aliphatic rings. The van der Waals surface area contributed by atoms with Crippen molar-refractivity contribution in [2.45, 2.75) is 20.3 Å². The van der Waals surface area contributed by atoms with Gasteiger partial charge in [-0.25, -0.2) is 0 Å². The fourth-order valence-electron chi connectivity index (χ4n) is 1.37. The van der Waals surface area contributed by atoms with Gasteiger partial charge < -0.3 is 5.32 Å². The second kappa shape index (κ2) is 6.48. The topological polar surface area (TPSA) is 42.0 Å². The Morgan fingerprint density at radius 2 is 2.38 bits per heavy atom.